The molecular formula is C18H21NO5. The van der Waals surface area contributed by atoms with Crippen molar-refractivity contribution in [3.63, 3.8) is 0 Å². The highest BCUT2D eigenvalue weighted by Crippen LogP contribution is 2.31. The number of nitrogens with zero attached hydrogens (tertiary/aromatic N) is 1. The van der Waals surface area contributed by atoms with Gasteiger partial charge in [0.05, 0.1) is 25.8 Å². The minimum atomic E-state index is -0.398. The summed E-state index contributed by atoms with van der Waals surface area (Å²) >= 11 is 0. The lowest BCUT2D eigenvalue weighted by Gasteiger charge is -2.25. The van der Waals surface area contributed by atoms with Gasteiger partial charge >= 0.3 is 12.1 Å². The third-order valence-electron chi connectivity index (χ3n) is 4.06. The molecule has 128 valence electrons. The van der Waals surface area contributed by atoms with Gasteiger partial charge in [-0.15, -0.1) is 0 Å². The first kappa shape index (κ1) is 16.4. The lowest BCUT2D eigenvalue weighted by atomic mass is 10.0. The average molecular weight is 331 g/mol. The van der Waals surface area contributed by atoms with Crippen LogP contribution >= 0.6 is 0 Å². The van der Waals surface area contributed by atoms with E-state index in [0.29, 0.717) is 43.2 Å². The molecule has 0 aliphatic carbocycles. The molecule has 0 fully saturated rings. The molecular weight excluding hydrogens is 310 g/mol. The van der Waals surface area contributed by atoms with Crippen LogP contribution in [0, 0.1) is 5.92 Å². The highest BCUT2D eigenvalue weighted by Gasteiger charge is 2.27. The van der Waals surface area contributed by atoms with Crippen LogP contribution < -0.4 is 0 Å². The van der Waals surface area contributed by atoms with E-state index in [1.807, 2.05) is 19.9 Å². The molecule has 0 spiro atoms. The first-order valence-corrected chi connectivity index (χ1v) is 8.04. The summed E-state index contributed by atoms with van der Waals surface area (Å²) in [5.74, 6) is 0.655. The summed E-state index contributed by atoms with van der Waals surface area (Å²) in [6.07, 6.45) is 0.390. The van der Waals surface area contributed by atoms with Crippen molar-refractivity contribution in [2.75, 3.05) is 20.3 Å². The van der Waals surface area contributed by atoms with E-state index in [4.69, 9.17) is 13.9 Å². The van der Waals surface area contributed by atoms with E-state index in [1.54, 1.807) is 17.0 Å². The van der Waals surface area contributed by atoms with Gasteiger partial charge in [0.25, 0.3) is 0 Å². The van der Waals surface area contributed by atoms with Gasteiger partial charge in [-0.1, -0.05) is 13.8 Å². The normalized spacial score (nSPS) is 13.9. The second-order valence-electron chi connectivity index (χ2n) is 6.35. The van der Waals surface area contributed by atoms with Crippen molar-refractivity contribution in [1.82, 2.24) is 4.90 Å². The maximum absolute atomic E-state index is 12.1. The van der Waals surface area contributed by atoms with Crippen molar-refractivity contribution >= 4 is 23.0 Å². The summed E-state index contributed by atoms with van der Waals surface area (Å²) in [7, 11) is 1.35. The molecule has 0 atom stereocenters. The van der Waals surface area contributed by atoms with Crippen LogP contribution in [0.15, 0.2) is 22.6 Å². The highest BCUT2D eigenvalue weighted by molar-refractivity contribution is 5.95. The van der Waals surface area contributed by atoms with E-state index in [0.717, 1.165) is 16.7 Å². The topological polar surface area (TPSA) is 69.0 Å². The predicted molar refractivity (Wildman–Crippen MR) is 87.9 cm³/mol. The van der Waals surface area contributed by atoms with E-state index < -0.39 is 5.97 Å². The van der Waals surface area contributed by atoms with E-state index in [2.05, 4.69) is 0 Å². The summed E-state index contributed by atoms with van der Waals surface area (Å²) in [6, 6.07) is 5.28. The molecule has 1 amide bonds. The number of esters is 1. The molecule has 0 radical (unpaired) electrons. The molecule has 1 aromatic heterocycles. The van der Waals surface area contributed by atoms with Crippen LogP contribution in [0.1, 0.15) is 35.5 Å². The molecule has 2 aromatic rings. The fourth-order valence-electron chi connectivity index (χ4n) is 2.83. The standard InChI is InChI=1S/C18H21NO5/c1-11(2)10-23-18(21)19-7-6-14-13-5-4-12(17(20)22-3)8-15(13)24-16(14)9-19/h4-5,8,11H,6-7,9-10H2,1-3H3. The Kier molecular flexibility index (Phi) is 4.46. The zero-order valence-electron chi connectivity index (χ0n) is 14.1. The molecule has 0 unspecified atom stereocenters. The molecule has 0 saturated carbocycles. The number of fused-ring (bicyclic) bond motifs is 3. The van der Waals surface area contributed by atoms with E-state index in [9.17, 15) is 9.59 Å². The molecule has 1 aliphatic rings. The largest absolute Gasteiger partial charge is 0.465 e. The van der Waals surface area contributed by atoms with Gasteiger partial charge in [-0.05, 0) is 30.5 Å². The Morgan fingerprint density at radius 1 is 1.33 bits per heavy atom. The Hall–Kier alpha value is -2.50. The van der Waals surface area contributed by atoms with E-state index in [-0.39, 0.29) is 6.09 Å². The van der Waals surface area contributed by atoms with Crippen LogP contribution in [0.5, 0.6) is 0 Å². The molecule has 0 saturated heterocycles. The first-order valence-electron chi connectivity index (χ1n) is 8.04. The number of hydrogen-bond acceptors (Lipinski definition) is 5. The summed E-state index contributed by atoms with van der Waals surface area (Å²) in [6.45, 7) is 5.39. The second kappa shape index (κ2) is 6.55. The third kappa shape index (κ3) is 3.09. The van der Waals surface area contributed by atoms with Gasteiger partial charge in [-0.25, -0.2) is 9.59 Å². The molecule has 0 bridgehead atoms. The SMILES string of the molecule is COC(=O)c1ccc2c3c(oc2c1)CN(C(=O)OCC(C)C)CC3. The highest BCUT2D eigenvalue weighted by atomic mass is 16.6. The summed E-state index contributed by atoms with van der Waals surface area (Å²) in [4.78, 5) is 25.4. The minimum absolute atomic E-state index is 0.303. The number of carbonyl (C=O) groups excluding carboxylic acids is 2. The Labute approximate surface area is 140 Å². The molecule has 3 rings (SSSR count). The number of carbonyl (C=O) groups is 2. The molecule has 2 heterocycles. The summed E-state index contributed by atoms with van der Waals surface area (Å²) < 4.78 is 15.9. The molecule has 0 N–H and O–H groups in total. The predicted octanol–water partition coefficient (Wildman–Crippen LogP) is 3.37. The fraction of sp³-hybridized carbons (Fsp3) is 0.444. The zero-order chi connectivity index (χ0) is 17.3. The Morgan fingerprint density at radius 2 is 2.12 bits per heavy atom. The number of hydrogen-bond donors (Lipinski definition) is 0. The van der Waals surface area contributed by atoms with Crippen molar-refractivity contribution in [2.24, 2.45) is 5.92 Å². The number of methoxy groups -OCH3 is 1. The van der Waals surface area contributed by atoms with Gasteiger partial charge in [0.15, 0.2) is 0 Å². The molecule has 6 heteroatoms. The van der Waals surface area contributed by atoms with Crippen LogP contribution in [0.2, 0.25) is 0 Å². The molecule has 24 heavy (non-hydrogen) atoms. The number of rotatable bonds is 3. The number of benzene rings is 1. The minimum Gasteiger partial charge on any atom is -0.465 e. The van der Waals surface area contributed by atoms with Gasteiger partial charge in [-0.2, -0.15) is 0 Å². The van der Waals surface area contributed by atoms with E-state index >= 15 is 0 Å². The van der Waals surface area contributed by atoms with Gasteiger partial charge in [0, 0.05) is 17.5 Å². The smallest absolute Gasteiger partial charge is 0.410 e. The molecule has 1 aromatic carbocycles. The van der Waals surface area contributed by atoms with Crippen molar-refractivity contribution in [1.29, 1.82) is 0 Å². The van der Waals surface area contributed by atoms with Crippen LogP contribution in [-0.2, 0) is 22.4 Å². The lowest BCUT2D eigenvalue weighted by molar-refractivity contribution is 0.0600. The Balaban J connectivity index is 1.81. The van der Waals surface area contributed by atoms with E-state index in [1.165, 1.54) is 7.11 Å². The first-order chi connectivity index (χ1) is 11.5. The summed E-state index contributed by atoms with van der Waals surface area (Å²) in [5.41, 5.74) is 2.18. The summed E-state index contributed by atoms with van der Waals surface area (Å²) in [5, 5.41) is 0.979. The molecule has 1 aliphatic heterocycles. The van der Waals surface area contributed by atoms with Gasteiger partial charge in [0.2, 0.25) is 0 Å². The number of furan rings is 1. The maximum Gasteiger partial charge on any atom is 0.410 e. The van der Waals surface area contributed by atoms with Gasteiger partial charge in [-0.3, -0.25) is 0 Å². The fourth-order valence-corrected chi connectivity index (χ4v) is 2.83. The van der Waals surface area contributed by atoms with Crippen LogP contribution in [-0.4, -0.2) is 37.2 Å². The lowest BCUT2D eigenvalue weighted by Crippen LogP contribution is -2.36. The van der Waals surface area contributed by atoms with Crippen molar-refractivity contribution in [2.45, 2.75) is 26.8 Å². The quantitative estimate of drug-likeness (QED) is 0.807. The number of ether oxygens (including phenoxy) is 2. The van der Waals surface area contributed by atoms with Crippen molar-refractivity contribution in [3.8, 4) is 0 Å². The van der Waals surface area contributed by atoms with Gasteiger partial charge in [0.1, 0.15) is 11.3 Å². The zero-order valence-corrected chi connectivity index (χ0v) is 14.1. The Bertz CT molecular complexity index is 777. The Morgan fingerprint density at radius 3 is 2.83 bits per heavy atom. The van der Waals surface area contributed by atoms with Crippen LogP contribution in [0.4, 0.5) is 4.79 Å². The van der Waals surface area contributed by atoms with Gasteiger partial charge < -0.3 is 18.8 Å². The van der Waals surface area contributed by atoms with Crippen molar-refractivity contribution in [3.05, 3.63) is 35.1 Å². The monoisotopic (exact) mass is 331 g/mol. The van der Waals surface area contributed by atoms with Crippen molar-refractivity contribution < 1.29 is 23.5 Å². The van der Waals surface area contributed by atoms with Crippen LogP contribution in [0.3, 0.4) is 0 Å². The third-order valence-corrected chi connectivity index (χ3v) is 4.06. The molecule has 6 nitrogen and oxygen atoms in total. The average Bonchev–Trinajstić information content (AvgIpc) is 2.95. The van der Waals surface area contributed by atoms with Crippen LogP contribution in [0.25, 0.3) is 11.0 Å². The number of amides is 1. The second-order valence-corrected chi connectivity index (χ2v) is 6.35. The maximum atomic E-state index is 12.1.